The summed E-state index contributed by atoms with van der Waals surface area (Å²) < 4.78 is 0. The van der Waals surface area contributed by atoms with Gasteiger partial charge in [0.05, 0.1) is 5.60 Å². The fourth-order valence-corrected chi connectivity index (χ4v) is 3.18. The molecule has 0 atom stereocenters. The van der Waals surface area contributed by atoms with Gasteiger partial charge in [0.15, 0.2) is 0 Å². The lowest BCUT2D eigenvalue weighted by Crippen LogP contribution is -2.48. The van der Waals surface area contributed by atoms with Crippen LogP contribution in [0.1, 0.15) is 43.4 Å². The molecule has 1 N–H and O–H groups in total. The second-order valence-electron chi connectivity index (χ2n) is 5.84. The fourth-order valence-electron chi connectivity index (χ4n) is 3.18. The number of aryl methyl sites for hydroxylation is 1. The van der Waals surface area contributed by atoms with Crippen molar-refractivity contribution in [3.05, 3.63) is 29.6 Å². The third kappa shape index (κ3) is 2.17. The molecule has 0 radical (unpaired) electrons. The van der Waals surface area contributed by atoms with Crippen LogP contribution in [0.4, 0.5) is 0 Å². The number of rotatable bonds is 2. The van der Waals surface area contributed by atoms with Gasteiger partial charge in [0.1, 0.15) is 0 Å². The van der Waals surface area contributed by atoms with E-state index in [4.69, 9.17) is 0 Å². The topological polar surface area (TPSA) is 36.4 Å². The largest absolute Gasteiger partial charge is 0.385 e. The van der Waals surface area contributed by atoms with Crippen LogP contribution in [-0.2, 0) is 5.60 Å². The molecule has 1 aromatic heterocycles. The molecule has 3 heteroatoms. The number of hydrogen-bond acceptors (Lipinski definition) is 3. The molecular formula is C15H22N2O. The first-order chi connectivity index (χ1) is 8.67. The van der Waals surface area contributed by atoms with Crippen molar-refractivity contribution in [3.8, 4) is 0 Å². The Morgan fingerprint density at radius 3 is 2.50 bits per heavy atom. The summed E-state index contributed by atoms with van der Waals surface area (Å²) in [4.78, 5) is 6.87. The van der Waals surface area contributed by atoms with Gasteiger partial charge in [-0.15, -0.1) is 0 Å². The first-order valence-electron chi connectivity index (χ1n) is 7.07. The van der Waals surface area contributed by atoms with E-state index in [1.54, 1.807) is 0 Å². The molecule has 3 rings (SSSR count). The number of nitrogens with zero attached hydrogens (tertiary/aromatic N) is 2. The molecule has 18 heavy (non-hydrogen) atoms. The highest BCUT2D eigenvalue weighted by Crippen LogP contribution is 2.39. The zero-order chi connectivity index (χ0) is 12.6. The Morgan fingerprint density at radius 1 is 1.28 bits per heavy atom. The van der Waals surface area contributed by atoms with Crippen LogP contribution in [0.2, 0.25) is 0 Å². The smallest absolute Gasteiger partial charge is 0.0912 e. The predicted octanol–water partition coefficient (Wildman–Crippen LogP) is 2.23. The van der Waals surface area contributed by atoms with Crippen LogP contribution in [-0.4, -0.2) is 34.1 Å². The Kier molecular flexibility index (Phi) is 3.12. The average molecular weight is 246 g/mol. The van der Waals surface area contributed by atoms with Crippen molar-refractivity contribution < 1.29 is 5.11 Å². The molecule has 0 aromatic carbocycles. The highest BCUT2D eigenvalue weighted by atomic mass is 16.3. The van der Waals surface area contributed by atoms with Crippen molar-refractivity contribution in [1.82, 2.24) is 9.88 Å². The maximum atomic E-state index is 10.8. The number of hydrogen-bond donors (Lipinski definition) is 1. The van der Waals surface area contributed by atoms with Crippen molar-refractivity contribution in [2.75, 3.05) is 13.1 Å². The van der Waals surface area contributed by atoms with E-state index in [0.29, 0.717) is 6.04 Å². The minimum absolute atomic E-state index is 0.637. The molecule has 2 aliphatic rings. The first kappa shape index (κ1) is 12.1. The molecule has 1 saturated heterocycles. The summed E-state index contributed by atoms with van der Waals surface area (Å²) in [5.74, 6) is 0. The summed E-state index contributed by atoms with van der Waals surface area (Å²) in [6, 6.07) is 4.73. The van der Waals surface area contributed by atoms with E-state index in [1.165, 1.54) is 19.5 Å². The van der Waals surface area contributed by atoms with Crippen LogP contribution >= 0.6 is 0 Å². The summed E-state index contributed by atoms with van der Waals surface area (Å²) in [5.41, 5.74) is 1.37. The van der Waals surface area contributed by atoms with E-state index < -0.39 is 5.60 Å². The number of aliphatic hydroxyl groups is 1. The lowest BCUT2D eigenvalue weighted by atomic mass is 9.77. The fraction of sp³-hybridized carbons (Fsp3) is 0.667. The van der Waals surface area contributed by atoms with Crippen LogP contribution in [0.5, 0.6) is 0 Å². The van der Waals surface area contributed by atoms with Crippen LogP contribution in [0.3, 0.4) is 0 Å². The van der Waals surface area contributed by atoms with Crippen LogP contribution < -0.4 is 0 Å². The average Bonchev–Trinajstić information content (AvgIpc) is 2.31. The monoisotopic (exact) mass is 246 g/mol. The Hall–Kier alpha value is -0.930. The van der Waals surface area contributed by atoms with Gasteiger partial charge in [-0.1, -0.05) is 6.07 Å². The van der Waals surface area contributed by atoms with E-state index in [1.807, 2.05) is 25.3 Å². The van der Waals surface area contributed by atoms with Crippen LogP contribution in [0.25, 0.3) is 0 Å². The van der Waals surface area contributed by atoms with Gasteiger partial charge in [0.2, 0.25) is 0 Å². The molecule has 98 valence electrons. The van der Waals surface area contributed by atoms with Gasteiger partial charge < -0.3 is 10.0 Å². The summed E-state index contributed by atoms with van der Waals surface area (Å²) in [5, 5.41) is 10.8. The standard InChI is InChI=1S/C15H22N2O/c1-12-3-4-13(11-16-12)15(18)7-5-14(6-8-15)17-9-2-10-17/h3-4,11,14,18H,2,5-10H2,1H3. The minimum atomic E-state index is -0.637. The molecule has 1 saturated carbocycles. The Labute approximate surface area is 109 Å². The highest BCUT2D eigenvalue weighted by molar-refractivity contribution is 5.21. The van der Waals surface area contributed by atoms with E-state index in [9.17, 15) is 5.11 Å². The van der Waals surface area contributed by atoms with Crippen molar-refractivity contribution in [1.29, 1.82) is 0 Å². The Bertz CT molecular complexity index is 403. The molecule has 1 aliphatic carbocycles. The molecule has 0 unspecified atom stereocenters. The molecule has 1 aliphatic heterocycles. The maximum absolute atomic E-state index is 10.8. The molecule has 2 fully saturated rings. The van der Waals surface area contributed by atoms with Gasteiger partial charge in [-0.2, -0.15) is 0 Å². The van der Waals surface area contributed by atoms with Gasteiger partial charge in [-0.05, 0) is 58.2 Å². The van der Waals surface area contributed by atoms with Crippen LogP contribution in [0, 0.1) is 6.92 Å². The summed E-state index contributed by atoms with van der Waals surface area (Å²) >= 11 is 0. The Balaban J connectivity index is 1.67. The van der Waals surface area contributed by atoms with Crippen molar-refractivity contribution in [3.63, 3.8) is 0 Å². The molecule has 2 heterocycles. The van der Waals surface area contributed by atoms with Gasteiger partial charge in [-0.3, -0.25) is 4.98 Å². The number of aromatic nitrogens is 1. The van der Waals surface area contributed by atoms with Gasteiger partial charge in [-0.25, -0.2) is 0 Å². The minimum Gasteiger partial charge on any atom is -0.385 e. The van der Waals surface area contributed by atoms with Crippen molar-refractivity contribution in [2.24, 2.45) is 0 Å². The molecule has 1 aromatic rings. The van der Waals surface area contributed by atoms with Crippen molar-refractivity contribution in [2.45, 2.75) is 50.7 Å². The Morgan fingerprint density at radius 2 is 2.00 bits per heavy atom. The summed E-state index contributed by atoms with van der Waals surface area (Å²) in [7, 11) is 0. The molecule has 0 spiro atoms. The SMILES string of the molecule is Cc1ccc(C2(O)CCC(N3CCC3)CC2)cn1. The molecular weight excluding hydrogens is 224 g/mol. The highest BCUT2D eigenvalue weighted by Gasteiger charge is 2.37. The zero-order valence-corrected chi connectivity index (χ0v) is 11.1. The van der Waals surface area contributed by atoms with Crippen molar-refractivity contribution >= 4 is 0 Å². The van der Waals surface area contributed by atoms with E-state index in [2.05, 4.69) is 9.88 Å². The summed E-state index contributed by atoms with van der Waals surface area (Å²) in [6.07, 6.45) is 7.18. The van der Waals surface area contributed by atoms with Crippen LogP contribution in [0.15, 0.2) is 18.3 Å². The normalized spacial score (nSPS) is 33.1. The van der Waals surface area contributed by atoms with Gasteiger partial charge in [0, 0.05) is 23.5 Å². The number of likely N-dealkylation sites (tertiary alicyclic amines) is 1. The van der Waals surface area contributed by atoms with E-state index in [-0.39, 0.29) is 0 Å². The van der Waals surface area contributed by atoms with E-state index >= 15 is 0 Å². The second kappa shape index (κ2) is 4.63. The summed E-state index contributed by atoms with van der Waals surface area (Å²) in [6.45, 7) is 4.50. The second-order valence-corrected chi connectivity index (χ2v) is 5.84. The lowest BCUT2D eigenvalue weighted by Gasteiger charge is -2.44. The quantitative estimate of drug-likeness (QED) is 0.869. The first-order valence-corrected chi connectivity index (χ1v) is 7.07. The zero-order valence-electron chi connectivity index (χ0n) is 11.1. The van der Waals surface area contributed by atoms with Gasteiger partial charge >= 0.3 is 0 Å². The molecule has 3 nitrogen and oxygen atoms in total. The predicted molar refractivity (Wildman–Crippen MR) is 71.3 cm³/mol. The third-order valence-electron chi connectivity index (χ3n) is 4.64. The van der Waals surface area contributed by atoms with Gasteiger partial charge in [0.25, 0.3) is 0 Å². The molecule has 0 amide bonds. The number of pyridine rings is 1. The molecule has 0 bridgehead atoms. The third-order valence-corrected chi connectivity index (χ3v) is 4.64. The van der Waals surface area contributed by atoms with E-state index in [0.717, 1.165) is 36.9 Å². The maximum Gasteiger partial charge on any atom is 0.0912 e. The lowest BCUT2D eigenvalue weighted by molar-refractivity contribution is -0.0346.